The molecule has 120 valence electrons. The molecule has 3 aromatic rings. The minimum atomic E-state index is -0.610. The number of aryl methyl sites for hydroxylation is 2. The number of nitrogens with zero attached hydrogens (tertiary/aromatic N) is 4. The SMILES string of the molecule is CN(C(=O)c1c(O)c2cccc3c2n(c1=O)CC3)c1cnccn1. The Labute approximate surface area is 136 Å². The third kappa shape index (κ3) is 1.91. The monoisotopic (exact) mass is 322 g/mol. The molecule has 1 aliphatic rings. The lowest BCUT2D eigenvalue weighted by Gasteiger charge is -2.17. The van der Waals surface area contributed by atoms with E-state index in [9.17, 15) is 14.7 Å². The normalized spacial score (nSPS) is 12.5. The van der Waals surface area contributed by atoms with E-state index in [1.807, 2.05) is 12.1 Å². The van der Waals surface area contributed by atoms with Gasteiger partial charge in [-0.2, -0.15) is 0 Å². The fourth-order valence-corrected chi connectivity index (χ4v) is 3.15. The maximum atomic E-state index is 12.8. The Bertz CT molecular complexity index is 1030. The summed E-state index contributed by atoms with van der Waals surface area (Å²) >= 11 is 0. The van der Waals surface area contributed by atoms with E-state index in [-0.39, 0.29) is 11.3 Å². The first-order chi connectivity index (χ1) is 11.6. The van der Waals surface area contributed by atoms with Gasteiger partial charge in [0.1, 0.15) is 11.3 Å². The Morgan fingerprint density at radius 2 is 2.17 bits per heavy atom. The number of aromatic hydroxyl groups is 1. The van der Waals surface area contributed by atoms with Crippen molar-refractivity contribution in [2.75, 3.05) is 11.9 Å². The van der Waals surface area contributed by atoms with Crippen LogP contribution in [0.2, 0.25) is 0 Å². The van der Waals surface area contributed by atoms with Crippen LogP contribution < -0.4 is 10.5 Å². The maximum absolute atomic E-state index is 12.8. The molecule has 0 saturated carbocycles. The van der Waals surface area contributed by atoms with Crippen molar-refractivity contribution in [1.82, 2.24) is 14.5 Å². The summed E-state index contributed by atoms with van der Waals surface area (Å²) in [5.41, 5.74) is 0.986. The van der Waals surface area contributed by atoms with Gasteiger partial charge in [0.15, 0.2) is 5.82 Å². The largest absolute Gasteiger partial charge is 0.506 e. The Morgan fingerprint density at radius 1 is 1.33 bits per heavy atom. The zero-order chi connectivity index (χ0) is 16.8. The second kappa shape index (κ2) is 5.16. The summed E-state index contributed by atoms with van der Waals surface area (Å²) in [4.78, 5) is 34.7. The van der Waals surface area contributed by atoms with Crippen LogP contribution >= 0.6 is 0 Å². The van der Waals surface area contributed by atoms with Gasteiger partial charge in [0, 0.05) is 31.4 Å². The Hall–Kier alpha value is -3.22. The third-order valence-corrected chi connectivity index (χ3v) is 4.36. The van der Waals surface area contributed by atoms with E-state index in [1.165, 1.54) is 30.5 Å². The van der Waals surface area contributed by atoms with Crippen molar-refractivity contribution in [1.29, 1.82) is 0 Å². The number of anilines is 1. The van der Waals surface area contributed by atoms with E-state index in [0.717, 1.165) is 5.56 Å². The quantitative estimate of drug-likeness (QED) is 0.769. The molecule has 0 fully saturated rings. The van der Waals surface area contributed by atoms with Crippen molar-refractivity contribution in [3.63, 3.8) is 0 Å². The summed E-state index contributed by atoms with van der Waals surface area (Å²) in [6.45, 7) is 0.504. The van der Waals surface area contributed by atoms with Crippen LogP contribution in [0, 0.1) is 0 Å². The van der Waals surface area contributed by atoms with Crippen molar-refractivity contribution >= 4 is 22.6 Å². The van der Waals surface area contributed by atoms with Crippen LogP contribution in [-0.2, 0) is 13.0 Å². The standard InChI is InChI=1S/C17H14N4O3/c1-20(12-9-18-6-7-19-12)16(23)13-15(22)11-4-2-3-10-5-8-21(14(10)11)17(13)24/h2-4,6-7,9,22H,5,8H2,1H3. The average molecular weight is 322 g/mol. The summed E-state index contributed by atoms with van der Waals surface area (Å²) in [5, 5.41) is 11.1. The molecule has 7 heteroatoms. The number of carbonyl (C=O) groups excluding carboxylic acids is 1. The number of aromatic nitrogens is 3. The van der Waals surface area contributed by atoms with Gasteiger partial charge in [-0.3, -0.25) is 19.5 Å². The lowest BCUT2D eigenvalue weighted by atomic mass is 10.1. The van der Waals surface area contributed by atoms with E-state index >= 15 is 0 Å². The molecule has 2 aromatic heterocycles. The number of benzene rings is 1. The predicted molar refractivity (Wildman–Crippen MR) is 88.3 cm³/mol. The molecule has 4 rings (SSSR count). The van der Waals surface area contributed by atoms with Gasteiger partial charge in [0.05, 0.1) is 11.7 Å². The molecule has 24 heavy (non-hydrogen) atoms. The topological polar surface area (TPSA) is 88.3 Å². The first-order valence-corrected chi connectivity index (χ1v) is 7.51. The Kier molecular flexibility index (Phi) is 3.09. The highest BCUT2D eigenvalue weighted by atomic mass is 16.3. The molecular formula is C17H14N4O3. The van der Waals surface area contributed by atoms with Crippen LogP contribution in [0.15, 0.2) is 41.6 Å². The highest BCUT2D eigenvalue weighted by molar-refractivity contribution is 6.10. The van der Waals surface area contributed by atoms with Crippen molar-refractivity contribution in [3.8, 4) is 5.75 Å². The molecule has 1 amide bonds. The van der Waals surface area contributed by atoms with Crippen molar-refractivity contribution in [2.45, 2.75) is 13.0 Å². The Morgan fingerprint density at radius 3 is 2.92 bits per heavy atom. The van der Waals surface area contributed by atoms with Gasteiger partial charge in [-0.05, 0) is 18.1 Å². The lowest BCUT2D eigenvalue weighted by Crippen LogP contribution is -2.34. The highest BCUT2D eigenvalue weighted by Crippen LogP contribution is 2.32. The number of hydrogen-bond acceptors (Lipinski definition) is 5. The molecule has 1 aliphatic heterocycles. The third-order valence-electron chi connectivity index (χ3n) is 4.36. The van der Waals surface area contributed by atoms with Crippen LogP contribution in [-0.4, -0.2) is 32.6 Å². The summed E-state index contributed by atoms with van der Waals surface area (Å²) in [5.74, 6) is -0.590. The van der Waals surface area contributed by atoms with Crippen LogP contribution in [0.25, 0.3) is 10.9 Å². The van der Waals surface area contributed by atoms with Crippen LogP contribution in [0.3, 0.4) is 0 Å². The van der Waals surface area contributed by atoms with Gasteiger partial charge < -0.3 is 9.67 Å². The first-order valence-electron chi connectivity index (χ1n) is 7.51. The molecule has 0 bridgehead atoms. The molecule has 0 aliphatic carbocycles. The highest BCUT2D eigenvalue weighted by Gasteiger charge is 2.28. The van der Waals surface area contributed by atoms with Gasteiger partial charge in [-0.1, -0.05) is 12.1 Å². The summed E-state index contributed by atoms with van der Waals surface area (Å²) in [6.07, 6.45) is 5.08. The number of rotatable bonds is 2. The van der Waals surface area contributed by atoms with Gasteiger partial charge in [0.2, 0.25) is 0 Å². The molecule has 0 atom stereocenters. The van der Waals surface area contributed by atoms with Crippen molar-refractivity contribution < 1.29 is 9.90 Å². The van der Waals surface area contributed by atoms with E-state index < -0.39 is 11.5 Å². The van der Waals surface area contributed by atoms with Gasteiger partial charge in [-0.15, -0.1) is 0 Å². The molecule has 3 heterocycles. The molecule has 0 radical (unpaired) electrons. The van der Waals surface area contributed by atoms with E-state index in [1.54, 1.807) is 10.6 Å². The molecular weight excluding hydrogens is 308 g/mol. The second-order valence-corrected chi connectivity index (χ2v) is 5.67. The number of para-hydroxylation sites is 1. The smallest absolute Gasteiger partial charge is 0.268 e. The summed E-state index contributed by atoms with van der Waals surface area (Å²) < 4.78 is 1.56. The Balaban J connectivity index is 1.93. The summed E-state index contributed by atoms with van der Waals surface area (Å²) in [6, 6.07) is 5.46. The van der Waals surface area contributed by atoms with Crippen LogP contribution in [0.4, 0.5) is 5.82 Å². The molecule has 0 saturated heterocycles. The number of amides is 1. The number of hydrogen-bond donors (Lipinski definition) is 1. The second-order valence-electron chi connectivity index (χ2n) is 5.67. The van der Waals surface area contributed by atoms with Crippen molar-refractivity contribution in [3.05, 3.63) is 58.3 Å². The van der Waals surface area contributed by atoms with E-state index in [0.29, 0.717) is 29.7 Å². The van der Waals surface area contributed by atoms with Gasteiger partial charge >= 0.3 is 0 Å². The van der Waals surface area contributed by atoms with Gasteiger partial charge in [-0.25, -0.2) is 4.98 Å². The fraction of sp³-hybridized carbons (Fsp3) is 0.176. The predicted octanol–water partition coefficient (Wildman–Crippen LogP) is 1.33. The molecule has 1 N–H and O–H groups in total. The lowest BCUT2D eigenvalue weighted by molar-refractivity contribution is 0.0988. The van der Waals surface area contributed by atoms with E-state index in [2.05, 4.69) is 9.97 Å². The first kappa shape index (κ1) is 14.4. The number of carbonyl (C=O) groups is 1. The molecule has 1 aromatic carbocycles. The molecule has 7 nitrogen and oxygen atoms in total. The summed E-state index contributed by atoms with van der Waals surface area (Å²) in [7, 11) is 1.50. The minimum absolute atomic E-state index is 0.241. The van der Waals surface area contributed by atoms with E-state index in [4.69, 9.17) is 0 Å². The zero-order valence-corrected chi connectivity index (χ0v) is 12.9. The minimum Gasteiger partial charge on any atom is -0.506 e. The van der Waals surface area contributed by atoms with Crippen LogP contribution in [0.5, 0.6) is 5.75 Å². The zero-order valence-electron chi connectivity index (χ0n) is 12.9. The van der Waals surface area contributed by atoms with Crippen molar-refractivity contribution in [2.24, 2.45) is 0 Å². The molecule has 0 unspecified atom stereocenters. The van der Waals surface area contributed by atoms with Crippen LogP contribution in [0.1, 0.15) is 15.9 Å². The number of pyridine rings is 1. The average Bonchev–Trinajstić information content (AvgIpc) is 3.05. The fourth-order valence-electron chi connectivity index (χ4n) is 3.15. The van der Waals surface area contributed by atoms with Gasteiger partial charge in [0.25, 0.3) is 11.5 Å². The maximum Gasteiger partial charge on any atom is 0.268 e. The molecule has 0 spiro atoms.